The fourth-order valence-electron chi connectivity index (χ4n) is 7.56. The fraction of sp³-hybridized carbons (Fsp3) is 0.659. The average molecular weight is 628 g/mol. The molecule has 1 aromatic heterocycles. The largest absolute Gasteiger partial charge is 0.244 e. The summed E-state index contributed by atoms with van der Waals surface area (Å²) >= 11 is 0. The van der Waals surface area contributed by atoms with Gasteiger partial charge in [-0.25, -0.2) is 9.13 Å². The number of benzene rings is 2. The summed E-state index contributed by atoms with van der Waals surface area (Å²) in [5.74, 6) is 0. The van der Waals surface area contributed by atoms with Crippen LogP contribution in [0.25, 0.3) is 0 Å². The predicted molar refractivity (Wildman–Crippen MR) is 201 cm³/mol. The average Bonchev–Trinajstić information content (AvgIpc) is 3.55. The van der Waals surface area contributed by atoms with Gasteiger partial charge in [-0.1, -0.05) is 197 Å². The first-order valence-corrected chi connectivity index (χ1v) is 19.8. The van der Waals surface area contributed by atoms with Crippen molar-refractivity contribution in [2.75, 3.05) is 0 Å². The zero-order valence-corrected chi connectivity index (χ0v) is 30.4. The summed E-state index contributed by atoms with van der Waals surface area (Å²) in [7, 11) is 0. The maximum absolute atomic E-state index is 2.56. The number of hydrogen-bond donors (Lipinski definition) is 0. The second kappa shape index (κ2) is 23.9. The van der Waals surface area contributed by atoms with Crippen LogP contribution in [0.4, 0.5) is 0 Å². The van der Waals surface area contributed by atoms with Crippen LogP contribution in [-0.2, 0) is 18.4 Å². The number of rotatable bonds is 28. The Morgan fingerprint density at radius 1 is 0.565 bits per heavy atom. The van der Waals surface area contributed by atoms with E-state index in [1.54, 1.807) is 0 Å². The van der Waals surface area contributed by atoms with Crippen molar-refractivity contribution in [3.8, 4) is 0 Å². The van der Waals surface area contributed by atoms with Crippen LogP contribution < -0.4 is 4.57 Å². The molecule has 2 unspecified atom stereocenters. The first-order chi connectivity index (χ1) is 22.7. The van der Waals surface area contributed by atoms with Gasteiger partial charge in [0.05, 0.1) is 6.54 Å². The molecule has 0 saturated heterocycles. The lowest BCUT2D eigenvalue weighted by Gasteiger charge is -2.37. The van der Waals surface area contributed by atoms with Crippen molar-refractivity contribution in [3.05, 3.63) is 90.5 Å². The van der Waals surface area contributed by atoms with Crippen LogP contribution in [0.3, 0.4) is 0 Å². The van der Waals surface area contributed by atoms with E-state index in [9.17, 15) is 0 Å². The molecule has 0 saturated carbocycles. The molecule has 0 spiro atoms. The van der Waals surface area contributed by atoms with Crippen molar-refractivity contribution in [2.45, 2.75) is 186 Å². The summed E-state index contributed by atoms with van der Waals surface area (Å²) in [5, 5.41) is 0. The third-order valence-electron chi connectivity index (χ3n) is 10.5. The Bertz CT molecular complexity index is 1100. The molecule has 0 aliphatic heterocycles. The van der Waals surface area contributed by atoms with E-state index >= 15 is 0 Å². The van der Waals surface area contributed by atoms with E-state index in [0.717, 1.165) is 13.0 Å². The molecule has 0 fully saturated rings. The van der Waals surface area contributed by atoms with Gasteiger partial charge >= 0.3 is 0 Å². The lowest BCUT2D eigenvalue weighted by Crippen LogP contribution is -2.38. The van der Waals surface area contributed by atoms with Gasteiger partial charge in [0.1, 0.15) is 18.4 Å². The van der Waals surface area contributed by atoms with Gasteiger partial charge in [0, 0.05) is 5.41 Å². The molecule has 0 amide bonds. The number of hydrogen-bond acceptors (Lipinski definition) is 0. The van der Waals surface area contributed by atoms with Crippen molar-refractivity contribution < 1.29 is 4.57 Å². The van der Waals surface area contributed by atoms with E-state index in [1.165, 1.54) is 152 Å². The lowest BCUT2D eigenvalue weighted by molar-refractivity contribution is -0.697. The summed E-state index contributed by atoms with van der Waals surface area (Å²) < 4.78 is 5.02. The van der Waals surface area contributed by atoms with Gasteiger partial charge in [0.25, 0.3) is 0 Å². The molecule has 0 bridgehead atoms. The smallest absolute Gasteiger partial charge is 0.237 e. The molecule has 0 aliphatic rings. The molecular weight excluding hydrogens is 556 g/mol. The molecule has 46 heavy (non-hydrogen) atoms. The minimum absolute atomic E-state index is 0.0135. The number of nitrogens with zero attached hydrogens (tertiary/aromatic N) is 2. The van der Waals surface area contributed by atoms with Crippen molar-refractivity contribution >= 4 is 0 Å². The highest BCUT2D eigenvalue weighted by molar-refractivity contribution is 5.30. The molecule has 256 valence electrons. The Hall–Kier alpha value is -2.35. The summed E-state index contributed by atoms with van der Waals surface area (Å²) in [6, 6.07) is 22.9. The molecule has 0 aliphatic carbocycles. The van der Waals surface area contributed by atoms with Gasteiger partial charge in [-0.15, -0.1) is 0 Å². The van der Waals surface area contributed by atoms with Crippen molar-refractivity contribution in [1.82, 2.24) is 4.57 Å². The topological polar surface area (TPSA) is 8.81 Å². The third kappa shape index (κ3) is 14.6. The van der Waals surface area contributed by atoms with Crippen LogP contribution >= 0.6 is 0 Å². The quantitative estimate of drug-likeness (QED) is 0.0559. The molecule has 2 aromatic carbocycles. The molecule has 2 heteroatoms. The Balaban J connectivity index is 1.42. The van der Waals surface area contributed by atoms with Gasteiger partial charge in [0.15, 0.2) is 0 Å². The zero-order valence-electron chi connectivity index (χ0n) is 30.4. The summed E-state index contributed by atoms with van der Waals surface area (Å²) in [6.07, 6.45) is 38.9. The molecule has 3 rings (SSSR count). The minimum Gasteiger partial charge on any atom is -0.237 e. The highest BCUT2D eigenvalue weighted by atomic mass is 15.1. The second-order valence-corrected chi connectivity index (χ2v) is 14.6. The molecule has 3 aromatic rings. The SMILES string of the molecule is CCCCCCCCCCCCCCCCCCC[n+]1ccn(C(CCCCCC)C(C)(Cc2ccccc2)c2ccccc2)c1. The van der Waals surface area contributed by atoms with Crippen molar-refractivity contribution in [2.24, 2.45) is 0 Å². The van der Waals surface area contributed by atoms with Gasteiger partial charge in [0.2, 0.25) is 6.33 Å². The molecule has 2 nitrogen and oxygen atoms in total. The van der Waals surface area contributed by atoms with E-state index in [2.05, 4.69) is 109 Å². The van der Waals surface area contributed by atoms with Crippen molar-refractivity contribution in [3.63, 3.8) is 0 Å². The highest BCUT2D eigenvalue weighted by Crippen LogP contribution is 2.41. The van der Waals surface area contributed by atoms with Crippen LogP contribution in [0.1, 0.15) is 179 Å². The number of aryl methyl sites for hydroxylation is 1. The van der Waals surface area contributed by atoms with Gasteiger partial charge in [-0.3, -0.25) is 0 Å². The minimum atomic E-state index is 0.0135. The van der Waals surface area contributed by atoms with Crippen molar-refractivity contribution in [1.29, 1.82) is 0 Å². The zero-order chi connectivity index (χ0) is 32.5. The van der Waals surface area contributed by atoms with E-state index in [0.29, 0.717) is 6.04 Å². The molecule has 2 atom stereocenters. The molecular formula is C44H71N2+. The predicted octanol–water partition coefficient (Wildman–Crippen LogP) is 13.1. The lowest BCUT2D eigenvalue weighted by atomic mass is 9.70. The Labute approximate surface area is 285 Å². The van der Waals surface area contributed by atoms with Crippen LogP contribution in [0.15, 0.2) is 79.4 Å². The maximum Gasteiger partial charge on any atom is 0.244 e. The van der Waals surface area contributed by atoms with Crippen LogP contribution in [0.2, 0.25) is 0 Å². The molecule has 0 radical (unpaired) electrons. The molecule has 1 heterocycles. The Morgan fingerprint density at radius 2 is 1.02 bits per heavy atom. The van der Waals surface area contributed by atoms with Crippen LogP contribution in [0.5, 0.6) is 0 Å². The van der Waals surface area contributed by atoms with Gasteiger partial charge in [-0.2, -0.15) is 0 Å². The Morgan fingerprint density at radius 3 is 1.54 bits per heavy atom. The van der Waals surface area contributed by atoms with Gasteiger partial charge in [-0.05, 0) is 43.2 Å². The first-order valence-electron chi connectivity index (χ1n) is 19.8. The standard InChI is InChI=1S/C44H71N2/c1-4-6-8-10-11-12-13-14-15-16-17-18-19-20-21-22-30-36-45-37-38-46(40-45)43(35-29-9-7-5-2)44(3,42-33-27-24-28-34-42)39-41-31-25-23-26-32-41/h23-28,31-34,37-38,40,43H,4-22,29-30,35-36,39H2,1-3H3/q+1. The normalized spacial score (nSPS) is 13.5. The molecule has 0 N–H and O–H groups in total. The van der Waals surface area contributed by atoms with E-state index in [4.69, 9.17) is 0 Å². The Kier molecular flexibility index (Phi) is 19.8. The van der Waals surface area contributed by atoms with E-state index in [-0.39, 0.29) is 5.41 Å². The maximum atomic E-state index is 2.56. The number of aromatic nitrogens is 2. The van der Waals surface area contributed by atoms with Crippen LogP contribution in [0, 0.1) is 0 Å². The highest BCUT2D eigenvalue weighted by Gasteiger charge is 2.40. The number of imidazole rings is 1. The third-order valence-corrected chi connectivity index (χ3v) is 10.5. The number of unbranched alkanes of at least 4 members (excludes halogenated alkanes) is 19. The van der Waals surface area contributed by atoms with Gasteiger partial charge < -0.3 is 0 Å². The summed E-state index contributed by atoms with van der Waals surface area (Å²) in [6.45, 7) is 8.27. The summed E-state index contributed by atoms with van der Waals surface area (Å²) in [5.41, 5.74) is 2.89. The first kappa shape index (κ1) is 38.1. The fourth-order valence-corrected chi connectivity index (χ4v) is 7.56. The van der Waals surface area contributed by atoms with E-state index < -0.39 is 0 Å². The summed E-state index contributed by atoms with van der Waals surface area (Å²) in [4.78, 5) is 0. The monoisotopic (exact) mass is 628 g/mol. The second-order valence-electron chi connectivity index (χ2n) is 14.6. The van der Waals surface area contributed by atoms with Crippen LogP contribution in [-0.4, -0.2) is 4.57 Å². The van der Waals surface area contributed by atoms with E-state index in [1.807, 2.05) is 0 Å².